The normalized spacial score (nSPS) is 9.45. The van der Waals surface area contributed by atoms with Gasteiger partial charge in [-0.25, -0.2) is 4.79 Å². The van der Waals surface area contributed by atoms with Crippen molar-refractivity contribution in [1.82, 2.24) is 0 Å². The maximum atomic E-state index is 10.1. The van der Waals surface area contributed by atoms with Crippen LogP contribution in [-0.2, 0) is 9.53 Å². The second kappa shape index (κ2) is 4.83. The molecule has 0 aromatic heterocycles. The number of hydrogen-bond donors (Lipinski definition) is 1. The zero-order valence-electron chi connectivity index (χ0n) is 5.44. The summed E-state index contributed by atoms with van der Waals surface area (Å²) >= 11 is 0. The van der Waals surface area contributed by atoms with E-state index in [0.717, 1.165) is 6.26 Å². The third-order valence-electron chi connectivity index (χ3n) is 0.700. The fourth-order valence-electron chi connectivity index (χ4n) is 0.287. The van der Waals surface area contributed by atoms with Gasteiger partial charge in [0, 0.05) is 0 Å². The minimum Gasteiger partial charge on any atom is -0.485 e. The second-order valence-corrected chi connectivity index (χ2v) is 1.42. The fourth-order valence-corrected chi connectivity index (χ4v) is 0.287. The molecule has 0 radical (unpaired) electrons. The van der Waals surface area contributed by atoms with Gasteiger partial charge in [0.1, 0.15) is 18.4 Å². The fraction of sp³-hybridized carbons (Fsp3) is 0.167. The molecule has 1 N–H and O–H groups in total. The first-order valence-corrected chi connectivity index (χ1v) is 2.54. The van der Waals surface area contributed by atoms with Gasteiger partial charge in [-0.15, -0.1) is 0 Å². The zero-order valence-corrected chi connectivity index (χ0v) is 5.44. The van der Waals surface area contributed by atoms with E-state index in [0.29, 0.717) is 0 Å². The third-order valence-corrected chi connectivity index (χ3v) is 0.700. The van der Waals surface area contributed by atoms with Gasteiger partial charge in [0.05, 0.1) is 0 Å². The largest absolute Gasteiger partial charge is 0.485 e. The lowest BCUT2D eigenvalue weighted by Crippen LogP contribution is -1.98. The first-order chi connectivity index (χ1) is 5.22. The maximum absolute atomic E-state index is 10.1. The highest BCUT2D eigenvalue weighted by Crippen LogP contribution is 1.91. The molecule has 0 saturated carbocycles. The lowest BCUT2D eigenvalue weighted by Gasteiger charge is -1.90. The van der Waals surface area contributed by atoms with Crippen LogP contribution in [0.5, 0.6) is 0 Å². The van der Waals surface area contributed by atoms with Crippen molar-refractivity contribution in [1.29, 1.82) is 10.5 Å². The number of carbonyl (C=O) groups is 1. The monoisotopic (exact) mass is 152 g/mol. The molecule has 0 aliphatic carbocycles. The standard InChI is InChI=1S/C6H4N2O3/c7-1-2-11-4-5(3-8)6(9)10/h4H,2H2,(H,9,10)/b5-4+. The van der Waals surface area contributed by atoms with E-state index in [9.17, 15) is 4.79 Å². The quantitative estimate of drug-likeness (QED) is 0.266. The number of nitriles is 2. The Balaban J connectivity index is 4.08. The average molecular weight is 152 g/mol. The molecule has 5 heteroatoms. The first-order valence-electron chi connectivity index (χ1n) is 2.54. The maximum Gasteiger partial charge on any atom is 0.349 e. The van der Waals surface area contributed by atoms with Crippen LogP contribution >= 0.6 is 0 Å². The highest BCUT2D eigenvalue weighted by molar-refractivity contribution is 5.90. The number of carboxylic acids is 1. The third kappa shape index (κ3) is 3.55. The van der Waals surface area contributed by atoms with E-state index in [1.54, 1.807) is 6.07 Å². The SMILES string of the molecule is N#CCO/C=C(\C#N)C(=O)O. The Labute approximate surface area is 62.7 Å². The Hall–Kier alpha value is -2.01. The van der Waals surface area contributed by atoms with Crippen LogP contribution in [0.15, 0.2) is 11.8 Å². The molecule has 0 saturated heterocycles. The molecule has 11 heavy (non-hydrogen) atoms. The molecule has 0 aliphatic heterocycles. The number of ether oxygens (including phenoxy) is 1. The highest BCUT2D eigenvalue weighted by atomic mass is 16.5. The van der Waals surface area contributed by atoms with E-state index >= 15 is 0 Å². The molecule has 0 aromatic carbocycles. The van der Waals surface area contributed by atoms with Gasteiger partial charge in [-0.3, -0.25) is 0 Å². The average Bonchev–Trinajstić information content (AvgIpc) is 1.97. The highest BCUT2D eigenvalue weighted by Gasteiger charge is 2.04. The summed E-state index contributed by atoms with van der Waals surface area (Å²) in [5, 5.41) is 24.3. The molecule has 56 valence electrons. The lowest BCUT2D eigenvalue weighted by molar-refractivity contribution is -0.132. The van der Waals surface area contributed by atoms with Gasteiger partial charge in [0.25, 0.3) is 0 Å². The van der Waals surface area contributed by atoms with Crippen LogP contribution in [0.4, 0.5) is 0 Å². The van der Waals surface area contributed by atoms with Crippen molar-refractivity contribution in [2.75, 3.05) is 6.61 Å². The first kappa shape index (κ1) is 8.99. The van der Waals surface area contributed by atoms with E-state index < -0.39 is 11.5 Å². The minimum atomic E-state index is -1.37. The lowest BCUT2D eigenvalue weighted by atomic mass is 10.3. The van der Waals surface area contributed by atoms with Crippen LogP contribution in [0.2, 0.25) is 0 Å². The zero-order chi connectivity index (χ0) is 8.69. The molecule has 0 atom stereocenters. The summed E-state index contributed by atoms with van der Waals surface area (Å²) in [6.07, 6.45) is 0.742. The molecule has 0 rings (SSSR count). The topological polar surface area (TPSA) is 94.1 Å². The second-order valence-electron chi connectivity index (χ2n) is 1.42. The van der Waals surface area contributed by atoms with E-state index in [-0.39, 0.29) is 6.61 Å². The van der Waals surface area contributed by atoms with Gasteiger partial charge < -0.3 is 9.84 Å². The van der Waals surface area contributed by atoms with Gasteiger partial charge in [-0.1, -0.05) is 0 Å². The van der Waals surface area contributed by atoms with Crippen molar-refractivity contribution in [3.8, 4) is 12.1 Å². The summed E-state index contributed by atoms with van der Waals surface area (Å²) in [6.45, 7) is -0.265. The van der Waals surface area contributed by atoms with Crippen LogP contribution in [-0.4, -0.2) is 17.7 Å². The Morgan fingerprint density at radius 1 is 1.64 bits per heavy atom. The molecule has 0 bridgehead atoms. The molecule has 0 heterocycles. The minimum absolute atomic E-state index is 0.265. The summed E-state index contributed by atoms with van der Waals surface area (Å²) in [5.74, 6) is -1.37. The molecule has 5 nitrogen and oxygen atoms in total. The Kier molecular flexibility index (Phi) is 3.95. The van der Waals surface area contributed by atoms with E-state index in [1.807, 2.05) is 0 Å². The Morgan fingerprint density at radius 2 is 2.27 bits per heavy atom. The van der Waals surface area contributed by atoms with Crippen molar-refractivity contribution >= 4 is 5.97 Å². The predicted molar refractivity (Wildman–Crippen MR) is 32.9 cm³/mol. The van der Waals surface area contributed by atoms with Gasteiger partial charge in [0.2, 0.25) is 0 Å². The molecule has 0 amide bonds. The number of hydrogen-bond acceptors (Lipinski definition) is 4. The van der Waals surface area contributed by atoms with Gasteiger partial charge in [-0.05, 0) is 0 Å². The van der Waals surface area contributed by atoms with Crippen molar-refractivity contribution in [3.05, 3.63) is 11.8 Å². The Bertz CT molecular complexity index is 256. The van der Waals surface area contributed by atoms with E-state index in [1.165, 1.54) is 6.07 Å². The number of rotatable bonds is 3. The Morgan fingerprint density at radius 3 is 2.64 bits per heavy atom. The molecule has 0 unspecified atom stereocenters. The van der Waals surface area contributed by atoms with Crippen LogP contribution in [0, 0.1) is 22.7 Å². The van der Waals surface area contributed by atoms with Gasteiger partial charge in [-0.2, -0.15) is 10.5 Å². The molecular weight excluding hydrogens is 148 g/mol. The van der Waals surface area contributed by atoms with Crippen LogP contribution in [0.3, 0.4) is 0 Å². The summed E-state index contributed by atoms with van der Waals surface area (Å²) in [7, 11) is 0. The summed E-state index contributed by atoms with van der Waals surface area (Å²) in [4.78, 5) is 10.1. The van der Waals surface area contributed by atoms with Gasteiger partial charge >= 0.3 is 5.97 Å². The number of aliphatic carboxylic acids is 1. The van der Waals surface area contributed by atoms with Crippen molar-refractivity contribution in [3.63, 3.8) is 0 Å². The van der Waals surface area contributed by atoms with E-state index in [2.05, 4.69) is 4.74 Å². The van der Waals surface area contributed by atoms with Crippen molar-refractivity contribution in [2.24, 2.45) is 0 Å². The van der Waals surface area contributed by atoms with Crippen molar-refractivity contribution in [2.45, 2.75) is 0 Å². The molecule has 0 spiro atoms. The van der Waals surface area contributed by atoms with Gasteiger partial charge in [0.15, 0.2) is 12.2 Å². The molecule has 0 fully saturated rings. The molecular formula is C6H4N2O3. The smallest absolute Gasteiger partial charge is 0.349 e. The van der Waals surface area contributed by atoms with Crippen LogP contribution in [0.1, 0.15) is 0 Å². The van der Waals surface area contributed by atoms with Crippen molar-refractivity contribution < 1.29 is 14.6 Å². The summed E-state index contributed by atoms with van der Waals surface area (Å²) < 4.78 is 4.37. The molecule has 0 aliphatic rings. The number of nitrogens with zero attached hydrogens (tertiary/aromatic N) is 2. The summed E-state index contributed by atoms with van der Waals surface area (Å²) in [5.41, 5.74) is -0.528. The summed E-state index contributed by atoms with van der Waals surface area (Å²) in [6, 6.07) is 3.00. The van der Waals surface area contributed by atoms with Crippen LogP contribution < -0.4 is 0 Å². The molecule has 0 aromatic rings. The predicted octanol–water partition coefficient (Wildman–Crippen LogP) is 0.0187. The number of carboxylic acid groups (broad SMARTS) is 1. The van der Waals surface area contributed by atoms with E-state index in [4.69, 9.17) is 15.6 Å². The van der Waals surface area contributed by atoms with Crippen LogP contribution in [0.25, 0.3) is 0 Å².